The van der Waals surface area contributed by atoms with E-state index in [9.17, 15) is 18.0 Å². The molecule has 0 aliphatic carbocycles. The van der Waals surface area contributed by atoms with Crippen LogP contribution in [0.1, 0.15) is 5.56 Å². The number of rotatable bonds is 10. The molecule has 0 bridgehead atoms. The van der Waals surface area contributed by atoms with E-state index >= 15 is 0 Å². The highest BCUT2D eigenvalue weighted by Crippen LogP contribution is 2.32. The molecule has 0 radical (unpaired) electrons. The van der Waals surface area contributed by atoms with Crippen molar-refractivity contribution in [1.29, 1.82) is 0 Å². The van der Waals surface area contributed by atoms with E-state index in [0.29, 0.717) is 42.6 Å². The molecule has 1 saturated heterocycles. The summed E-state index contributed by atoms with van der Waals surface area (Å²) in [5, 5.41) is 4.32. The summed E-state index contributed by atoms with van der Waals surface area (Å²) in [7, 11) is -4.14. The third-order valence-corrected chi connectivity index (χ3v) is 8.12. The standard InChI is InChI=1S/C27H26Cl2N4O6S/c28-21-8-11-25(24(29)16-21)33(40(36,37)23-4-2-1-3-5-23)18-26(34)31-30-17-20-6-9-22(10-7-20)39-19-27(35)32-12-14-38-15-13-32/h1-11,16-17H,12-15,18-19H2,(H,31,34)/b30-17-. The molecule has 3 aromatic rings. The summed E-state index contributed by atoms with van der Waals surface area (Å²) in [6, 6.07) is 18.7. The number of hydrogen-bond acceptors (Lipinski definition) is 7. The highest BCUT2D eigenvalue weighted by Gasteiger charge is 2.28. The van der Waals surface area contributed by atoms with Crippen LogP contribution in [0.3, 0.4) is 0 Å². The van der Waals surface area contributed by atoms with Gasteiger partial charge >= 0.3 is 0 Å². The predicted octanol–water partition coefficient (Wildman–Crippen LogP) is 3.58. The van der Waals surface area contributed by atoms with Crippen molar-refractivity contribution in [3.05, 3.63) is 88.4 Å². The van der Waals surface area contributed by atoms with Crippen LogP contribution in [0.15, 0.2) is 82.8 Å². The second kappa shape index (κ2) is 13.6. The zero-order chi connectivity index (χ0) is 28.5. The zero-order valence-corrected chi connectivity index (χ0v) is 23.5. The van der Waals surface area contributed by atoms with Crippen molar-refractivity contribution in [2.75, 3.05) is 43.8 Å². The maximum absolute atomic E-state index is 13.4. The Morgan fingerprint density at radius 2 is 1.73 bits per heavy atom. The fraction of sp³-hybridized carbons (Fsp3) is 0.222. The quantitative estimate of drug-likeness (QED) is 0.279. The van der Waals surface area contributed by atoms with Crippen molar-refractivity contribution in [2.45, 2.75) is 4.90 Å². The van der Waals surface area contributed by atoms with Gasteiger partial charge in [0.25, 0.3) is 21.8 Å². The molecule has 1 heterocycles. The molecule has 13 heteroatoms. The SMILES string of the molecule is O=C(CN(c1ccc(Cl)cc1Cl)S(=O)(=O)c1ccccc1)N/N=C\c1ccc(OCC(=O)N2CCOCC2)cc1. The molecule has 0 saturated carbocycles. The van der Waals surface area contributed by atoms with E-state index in [1.54, 1.807) is 47.4 Å². The van der Waals surface area contributed by atoms with Crippen LogP contribution >= 0.6 is 23.2 Å². The van der Waals surface area contributed by atoms with Crippen molar-refractivity contribution >= 4 is 56.9 Å². The summed E-state index contributed by atoms with van der Waals surface area (Å²) in [5.41, 5.74) is 3.08. The number of sulfonamides is 1. The maximum Gasteiger partial charge on any atom is 0.264 e. The molecule has 0 spiro atoms. The molecule has 210 valence electrons. The lowest BCUT2D eigenvalue weighted by Gasteiger charge is -2.26. The third-order valence-electron chi connectivity index (χ3n) is 5.81. The number of carbonyl (C=O) groups is 2. The smallest absolute Gasteiger partial charge is 0.264 e. The van der Waals surface area contributed by atoms with Gasteiger partial charge in [-0.1, -0.05) is 41.4 Å². The Morgan fingerprint density at radius 1 is 1.02 bits per heavy atom. The summed E-state index contributed by atoms with van der Waals surface area (Å²) < 4.78 is 38.5. The van der Waals surface area contributed by atoms with E-state index in [-0.39, 0.29) is 28.1 Å². The molecule has 1 fully saturated rings. The largest absolute Gasteiger partial charge is 0.484 e. The predicted molar refractivity (Wildman–Crippen MR) is 153 cm³/mol. The Labute approximate surface area is 242 Å². The summed E-state index contributed by atoms with van der Waals surface area (Å²) in [6.07, 6.45) is 1.39. The van der Waals surface area contributed by atoms with E-state index < -0.39 is 22.5 Å². The van der Waals surface area contributed by atoms with Crippen molar-refractivity contribution in [3.63, 3.8) is 0 Å². The third kappa shape index (κ3) is 7.72. The number of amides is 2. The van der Waals surface area contributed by atoms with Gasteiger partial charge in [-0.25, -0.2) is 13.8 Å². The number of benzene rings is 3. The Kier molecular flexibility index (Phi) is 9.99. The first kappa shape index (κ1) is 29.3. The van der Waals surface area contributed by atoms with Crippen LogP contribution in [0.2, 0.25) is 10.0 Å². The fourth-order valence-electron chi connectivity index (χ4n) is 3.75. The van der Waals surface area contributed by atoms with Gasteiger partial charge in [-0.2, -0.15) is 5.10 Å². The van der Waals surface area contributed by atoms with Gasteiger partial charge in [-0.05, 0) is 60.2 Å². The number of hydrazone groups is 1. The number of ether oxygens (including phenoxy) is 2. The number of anilines is 1. The highest BCUT2D eigenvalue weighted by atomic mass is 35.5. The lowest BCUT2D eigenvalue weighted by Crippen LogP contribution is -2.42. The van der Waals surface area contributed by atoms with Gasteiger partial charge in [0.15, 0.2) is 6.61 Å². The first-order valence-electron chi connectivity index (χ1n) is 12.2. The molecule has 0 atom stereocenters. The minimum Gasteiger partial charge on any atom is -0.484 e. The van der Waals surface area contributed by atoms with Gasteiger partial charge in [-0.15, -0.1) is 0 Å². The van der Waals surface area contributed by atoms with Gasteiger partial charge in [0.1, 0.15) is 12.3 Å². The first-order valence-corrected chi connectivity index (χ1v) is 14.4. The minimum absolute atomic E-state index is 0.00808. The van der Waals surface area contributed by atoms with Crippen LogP contribution in [-0.4, -0.2) is 70.8 Å². The van der Waals surface area contributed by atoms with Crippen molar-refractivity contribution in [3.8, 4) is 5.75 Å². The summed E-state index contributed by atoms with van der Waals surface area (Å²) in [5.74, 6) is -0.299. The molecule has 1 aliphatic heterocycles. The van der Waals surface area contributed by atoms with Crippen molar-refractivity contribution in [1.82, 2.24) is 10.3 Å². The monoisotopic (exact) mass is 604 g/mol. The van der Waals surface area contributed by atoms with Crippen LogP contribution in [0.25, 0.3) is 0 Å². The normalized spacial score (nSPS) is 13.7. The summed E-state index contributed by atoms with van der Waals surface area (Å²) in [6.45, 7) is 1.47. The van der Waals surface area contributed by atoms with Crippen LogP contribution < -0.4 is 14.5 Å². The zero-order valence-electron chi connectivity index (χ0n) is 21.2. The van der Waals surface area contributed by atoms with E-state index in [1.165, 1.54) is 36.5 Å². The number of nitrogens with zero attached hydrogens (tertiary/aromatic N) is 3. The summed E-state index contributed by atoms with van der Waals surface area (Å²) in [4.78, 5) is 26.6. The molecule has 40 heavy (non-hydrogen) atoms. The molecule has 0 unspecified atom stereocenters. The second-order valence-electron chi connectivity index (χ2n) is 8.56. The van der Waals surface area contributed by atoms with E-state index in [1.807, 2.05) is 0 Å². The average molecular weight is 606 g/mol. The molecule has 1 aliphatic rings. The van der Waals surface area contributed by atoms with Gasteiger partial charge in [0, 0.05) is 18.1 Å². The lowest BCUT2D eigenvalue weighted by molar-refractivity contribution is -0.137. The minimum atomic E-state index is -4.14. The van der Waals surface area contributed by atoms with Gasteiger partial charge in [-0.3, -0.25) is 13.9 Å². The fourth-order valence-corrected chi connectivity index (χ4v) is 5.77. The number of hydrogen-bond donors (Lipinski definition) is 1. The molecule has 10 nitrogen and oxygen atoms in total. The Bertz CT molecular complexity index is 1460. The average Bonchev–Trinajstić information content (AvgIpc) is 2.96. The first-order chi connectivity index (χ1) is 19.2. The number of morpholine rings is 1. The van der Waals surface area contributed by atoms with Crippen LogP contribution in [0, 0.1) is 0 Å². The van der Waals surface area contributed by atoms with Crippen LogP contribution in [0.5, 0.6) is 5.75 Å². The van der Waals surface area contributed by atoms with Crippen molar-refractivity contribution < 1.29 is 27.5 Å². The number of halogens is 2. The Morgan fingerprint density at radius 3 is 2.40 bits per heavy atom. The van der Waals surface area contributed by atoms with Crippen LogP contribution in [0.4, 0.5) is 5.69 Å². The molecular formula is C27H26Cl2N4O6S. The molecule has 2 amide bonds. The summed E-state index contributed by atoms with van der Waals surface area (Å²) >= 11 is 12.3. The lowest BCUT2D eigenvalue weighted by atomic mass is 10.2. The van der Waals surface area contributed by atoms with Gasteiger partial charge in [0.05, 0.1) is 35.0 Å². The van der Waals surface area contributed by atoms with Crippen molar-refractivity contribution in [2.24, 2.45) is 5.10 Å². The molecule has 4 rings (SSSR count). The second-order valence-corrected chi connectivity index (χ2v) is 11.3. The molecule has 3 aromatic carbocycles. The molecule has 0 aromatic heterocycles. The number of carbonyl (C=O) groups excluding carboxylic acids is 2. The topological polar surface area (TPSA) is 118 Å². The Hall–Kier alpha value is -3.64. The van der Waals surface area contributed by atoms with E-state index in [4.69, 9.17) is 32.7 Å². The maximum atomic E-state index is 13.4. The number of nitrogens with one attached hydrogen (secondary N) is 1. The van der Waals surface area contributed by atoms with Gasteiger partial charge in [0.2, 0.25) is 0 Å². The molecule has 1 N–H and O–H groups in total. The highest BCUT2D eigenvalue weighted by molar-refractivity contribution is 7.92. The molecular weight excluding hydrogens is 579 g/mol. The van der Waals surface area contributed by atoms with E-state index in [0.717, 1.165) is 4.31 Å². The van der Waals surface area contributed by atoms with Crippen LogP contribution in [-0.2, 0) is 24.3 Å². The Balaban J connectivity index is 1.38. The van der Waals surface area contributed by atoms with E-state index in [2.05, 4.69) is 10.5 Å². The van der Waals surface area contributed by atoms with Gasteiger partial charge < -0.3 is 14.4 Å².